The maximum Gasteiger partial charge on any atom is 0.186 e. The highest BCUT2D eigenvalue weighted by atomic mass is 16.7. The molecule has 1 aliphatic rings. The minimum atomic E-state index is -1.80. The lowest BCUT2D eigenvalue weighted by Crippen LogP contribution is -2.60. The minimum absolute atomic E-state index is 0.503. The number of ether oxygens (including phenoxy) is 2. The summed E-state index contributed by atoms with van der Waals surface area (Å²) in [5.74, 6) is 0. The first-order chi connectivity index (χ1) is 9.24. The van der Waals surface area contributed by atoms with E-state index in [-0.39, 0.29) is 0 Å². The zero-order chi connectivity index (χ0) is 15.5. The molecule has 0 amide bonds. The second kappa shape index (κ2) is 7.07. The molecule has 0 unspecified atom stereocenters. The van der Waals surface area contributed by atoms with Crippen LogP contribution in [-0.4, -0.2) is 98.0 Å². The van der Waals surface area contributed by atoms with Crippen molar-refractivity contribution < 1.29 is 45.2 Å². The zero-order valence-corrected chi connectivity index (χ0v) is 11.0. The highest BCUT2D eigenvalue weighted by Crippen LogP contribution is 2.23. The van der Waals surface area contributed by atoms with Crippen molar-refractivity contribution in [2.45, 2.75) is 49.3 Å². The van der Waals surface area contributed by atoms with Gasteiger partial charge in [0.1, 0.15) is 36.1 Å². The second-order valence-electron chi connectivity index (χ2n) is 5.06. The van der Waals surface area contributed by atoms with Crippen LogP contribution in [0.5, 0.6) is 0 Å². The van der Waals surface area contributed by atoms with Gasteiger partial charge in [-0.1, -0.05) is 0 Å². The van der Waals surface area contributed by atoms with Crippen molar-refractivity contribution in [3.63, 3.8) is 0 Å². The Morgan fingerprint density at radius 1 is 1.15 bits per heavy atom. The third-order valence-corrected chi connectivity index (χ3v) is 3.28. The quantitative estimate of drug-likeness (QED) is 0.258. The van der Waals surface area contributed by atoms with E-state index in [1.54, 1.807) is 0 Å². The summed E-state index contributed by atoms with van der Waals surface area (Å²) in [5, 5.41) is 65.7. The van der Waals surface area contributed by atoms with Crippen LogP contribution in [0.25, 0.3) is 0 Å². The van der Waals surface area contributed by atoms with Gasteiger partial charge in [-0.25, -0.2) is 0 Å². The SMILES string of the molecule is C[C@](O)(CO[C@@H]1O[C@H](CO)[C@H](O)[C@@H](O)[C@H]1O)[C@H](O)CO. The van der Waals surface area contributed by atoms with Crippen LogP contribution >= 0.6 is 0 Å². The van der Waals surface area contributed by atoms with E-state index in [0.29, 0.717) is 0 Å². The number of hydrogen-bond acceptors (Lipinski definition) is 9. The average molecular weight is 298 g/mol. The van der Waals surface area contributed by atoms with Crippen molar-refractivity contribution in [3.8, 4) is 0 Å². The minimum Gasteiger partial charge on any atom is -0.394 e. The molecule has 1 heterocycles. The van der Waals surface area contributed by atoms with Gasteiger partial charge in [-0.3, -0.25) is 0 Å². The summed E-state index contributed by atoms with van der Waals surface area (Å²) in [4.78, 5) is 0. The van der Waals surface area contributed by atoms with Gasteiger partial charge >= 0.3 is 0 Å². The Hall–Kier alpha value is -0.360. The van der Waals surface area contributed by atoms with Gasteiger partial charge in [0.15, 0.2) is 6.29 Å². The van der Waals surface area contributed by atoms with E-state index in [0.717, 1.165) is 0 Å². The number of rotatable bonds is 6. The lowest BCUT2D eigenvalue weighted by molar-refractivity contribution is -0.311. The zero-order valence-electron chi connectivity index (χ0n) is 11.0. The largest absolute Gasteiger partial charge is 0.394 e. The number of hydrogen-bond donors (Lipinski definition) is 7. The molecule has 0 aliphatic carbocycles. The van der Waals surface area contributed by atoms with E-state index in [9.17, 15) is 25.5 Å². The normalized spacial score (nSPS) is 39.3. The van der Waals surface area contributed by atoms with Crippen molar-refractivity contribution in [2.75, 3.05) is 19.8 Å². The molecule has 1 rings (SSSR count). The van der Waals surface area contributed by atoms with Gasteiger partial charge in [0.05, 0.1) is 19.8 Å². The summed E-state index contributed by atoms with van der Waals surface area (Å²) in [6.45, 7) is -0.583. The van der Waals surface area contributed by atoms with Gasteiger partial charge in [-0.2, -0.15) is 0 Å². The fraction of sp³-hybridized carbons (Fsp3) is 1.00. The molecule has 0 aromatic rings. The van der Waals surface area contributed by atoms with Crippen LogP contribution in [0.2, 0.25) is 0 Å². The Kier molecular flexibility index (Phi) is 6.25. The van der Waals surface area contributed by atoms with Gasteiger partial charge in [-0.15, -0.1) is 0 Å². The Labute approximate surface area is 115 Å². The Bertz CT molecular complexity index is 296. The van der Waals surface area contributed by atoms with E-state index < -0.39 is 62.2 Å². The van der Waals surface area contributed by atoms with E-state index in [4.69, 9.17) is 19.7 Å². The Balaban J connectivity index is 2.62. The molecule has 1 fully saturated rings. The summed E-state index contributed by atoms with van der Waals surface area (Å²) in [6.07, 6.45) is -8.66. The predicted molar refractivity (Wildman–Crippen MR) is 63.4 cm³/mol. The molecule has 1 aliphatic heterocycles. The molecule has 7 atom stereocenters. The molecule has 0 aromatic carbocycles. The average Bonchev–Trinajstić information content (AvgIpc) is 2.43. The van der Waals surface area contributed by atoms with Crippen LogP contribution in [-0.2, 0) is 9.47 Å². The van der Waals surface area contributed by atoms with Crippen LogP contribution < -0.4 is 0 Å². The Morgan fingerprint density at radius 2 is 1.75 bits per heavy atom. The maximum absolute atomic E-state index is 9.81. The van der Waals surface area contributed by atoms with Crippen LogP contribution in [0.15, 0.2) is 0 Å². The molecule has 0 radical (unpaired) electrons. The fourth-order valence-electron chi connectivity index (χ4n) is 1.75. The smallest absolute Gasteiger partial charge is 0.186 e. The van der Waals surface area contributed by atoms with Crippen molar-refractivity contribution in [1.82, 2.24) is 0 Å². The first-order valence-corrected chi connectivity index (χ1v) is 6.18. The third-order valence-electron chi connectivity index (χ3n) is 3.28. The van der Waals surface area contributed by atoms with Gasteiger partial charge in [0, 0.05) is 0 Å². The van der Waals surface area contributed by atoms with Crippen molar-refractivity contribution in [2.24, 2.45) is 0 Å². The molecule has 9 heteroatoms. The number of aliphatic hydroxyl groups excluding tert-OH is 6. The summed E-state index contributed by atoms with van der Waals surface area (Å²) in [6, 6.07) is 0. The van der Waals surface area contributed by atoms with E-state index in [1.807, 2.05) is 0 Å². The lowest BCUT2D eigenvalue weighted by atomic mass is 9.98. The monoisotopic (exact) mass is 298 g/mol. The van der Waals surface area contributed by atoms with Gasteiger partial charge in [0.25, 0.3) is 0 Å². The van der Waals surface area contributed by atoms with Gasteiger partial charge in [0.2, 0.25) is 0 Å². The van der Waals surface area contributed by atoms with Crippen LogP contribution in [0.1, 0.15) is 6.92 Å². The first kappa shape index (κ1) is 17.7. The fourth-order valence-corrected chi connectivity index (χ4v) is 1.75. The van der Waals surface area contributed by atoms with Crippen LogP contribution in [0, 0.1) is 0 Å². The van der Waals surface area contributed by atoms with E-state index >= 15 is 0 Å². The number of aliphatic hydroxyl groups is 7. The molecule has 0 aromatic heterocycles. The Morgan fingerprint density at radius 3 is 2.25 bits per heavy atom. The lowest BCUT2D eigenvalue weighted by Gasteiger charge is -2.40. The standard InChI is InChI=1S/C11H22O9/c1-11(18,6(14)3-13)4-19-10-9(17)8(16)7(15)5(2-12)20-10/h5-10,12-18H,2-4H2,1H3/t5-,6-,7+,8-,9-,10-,11+/m1/s1. The second-order valence-corrected chi connectivity index (χ2v) is 5.06. The summed E-state index contributed by atoms with van der Waals surface area (Å²) < 4.78 is 10.1. The summed E-state index contributed by atoms with van der Waals surface area (Å²) in [7, 11) is 0. The molecule has 0 spiro atoms. The topological polar surface area (TPSA) is 160 Å². The van der Waals surface area contributed by atoms with Crippen LogP contribution in [0.4, 0.5) is 0 Å². The summed E-state index contributed by atoms with van der Waals surface area (Å²) in [5.41, 5.74) is -1.80. The van der Waals surface area contributed by atoms with Crippen molar-refractivity contribution in [1.29, 1.82) is 0 Å². The van der Waals surface area contributed by atoms with Gasteiger partial charge < -0.3 is 45.2 Å². The summed E-state index contributed by atoms with van der Waals surface area (Å²) >= 11 is 0. The molecule has 1 saturated heterocycles. The van der Waals surface area contributed by atoms with Crippen molar-refractivity contribution in [3.05, 3.63) is 0 Å². The highest BCUT2D eigenvalue weighted by molar-refractivity contribution is 4.89. The molecular weight excluding hydrogens is 276 g/mol. The van der Waals surface area contributed by atoms with E-state index in [2.05, 4.69) is 0 Å². The first-order valence-electron chi connectivity index (χ1n) is 6.18. The van der Waals surface area contributed by atoms with E-state index in [1.165, 1.54) is 6.92 Å². The molecular formula is C11H22O9. The maximum atomic E-state index is 9.81. The molecule has 120 valence electrons. The van der Waals surface area contributed by atoms with Crippen molar-refractivity contribution >= 4 is 0 Å². The highest BCUT2D eigenvalue weighted by Gasteiger charge is 2.45. The molecule has 20 heavy (non-hydrogen) atoms. The molecule has 7 N–H and O–H groups in total. The molecule has 9 nitrogen and oxygen atoms in total. The predicted octanol–water partition coefficient (Wildman–Crippen LogP) is -4.09. The van der Waals surface area contributed by atoms with Crippen LogP contribution in [0.3, 0.4) is 0 Å². The molecule has 0 bridgehead atoms. The third kappa shape index (κ3) is 3.85. The molecule has 0 saturated carbocycles. The van der Waals surface area contributed by atoms with Gasteiger partial charge in [-0.05, 0) is 6.92 Å².